The summed E-state index contributed by atoms with van der Waals surface area (Å²) < 4.78 is 10.6. The van der Waals surface area contributed by atoms with Crippen LogP contribution in [0.1, 0.15) is 24.9 Å². The highest BCUT2D eigenvalue weighted by molar-refractivity contribution is 7.13. The summed E-state index contributed by atoms with van der Waals surface area (Å²) in [6, 6.07) is 6.20. The Bertz CT molecular complexity index is 514. The van der Waals surface area contributed by atoms with Crippen molar-refractivity contribution >= 4 is 16.5 Å². The number of ether oxygens (including phenoxy) is 2. The van der Waals surface area contributed by atoms with E-state index in [1.165, 1.54) is 0 Å². The molecule has 0 saturated heterocycles. The third-order valence-corrected chi connectivity index (χ3v) is 3.65. The van der Waals surface area contributed by atoms with Crippen LogP contribution in [0.5, 0.6) is 11.5 Å². The minimum atomic E-state index is 0.214. The molecule has 0 amide bonds. The topological polar surface area (TPSA) is 43.4 Å². The number of thiazole rings is 1. The number of nitrogens with one attached hydrogen (secondary N) is 1. The van der Waals surface area contributed by atoms with Crippen molar-refractivity contribution in [3.05, 3.63) is 35.3 Å². The molecule has 1 aromatic carbocycles. The second-order valence-electron chi connectivity index (χ2n) is 4.06. The molecule has 4 nitrogen and oxygen atoms in total. The highest BCUT2D eigenvalue weighted by Crippen LogP contribution is 2.32. The predicted molar refractivity (Wildman–Crippen MR) is 78.3 cm³/mol. The summed E-state index contributed by atoms with van der Waals surface area (Å²) in [4.78, 5) is 4.26. The van der Waals surface area contributed by atoms with Crippen molar-refractivity contribution in [1.82, 2.24) is 4.98 Å². The Balaban J connectivity index is 2.23. The first-order chi connectivity index (χ1) is 9.28. The maximum atomic E-state index is 5.34. The van der Waals surface area contributed by atoms with E-state index in [2.05, 4.69) is 23.3 Å². The Morgan fingerprint density at radius 3 is 2.63 bits per heavy atom. The molecule has 1 unspecified atom stereocenters. The number of nitrogens with zero attached hydrogens (tertiary/aromatic N) is 1. The second kappa shape index (κ2) is 6.43. The average Bonchev–Trinajstić information content (AvgIpc) is 2.97. The number of hydrogen-bond donors (Lipinski definition) is 1. The van der Waals surface area contributed by atoms with Gasteiger partial charge >= 0.3 is 0 Å². The number of hydrogen-bond acceptors (Lipinski definition) is 5. The molecular formula is C14H18N2O2S. The van der Waals surface area contributed by atoms with Gasteiger partial charge in [-0.3, -0.25) is 0 Å². The minimum absolute atomic E-state index is 0.214. The minimum Gasteiger partial charge on any atom is -0.493 e. The van der Waals surface area contributed by atoms with Gasteiger partial charge in [-0.1, -0.05) is 13.0 Å². The van der Waals surface area contributed by atoms with E-state index in [-0.39, 0.29) is 6.04 Å². The highest BCUT2D eigenvalue weighted by atomic mass is 32.1. The van der Waals surface area contributed by atoms with Crippen LogP contribution in [0.2, 0.25) is 0 Å². The summed E-state index contributed by atoms with van der Waals surface area (Å²) in [6.45, 7) is 2.14. The van der Waals surface area contributed by atoms with Gasteiger partial charge in [0.15, 0.2) is 16.6 Å². The van der Waals surface area contributed by atoms with E-state index in [0.29, 0.717) is 0 Å². The van der Waals surface area contributed by atoms with Crippen LogP contribution in [-0.4, -0.2) is 19.2 Å². The van der Waals surface area contributed by atoms with Crippen molar-refractivity contribution in [2.24, 2.45) is 0 Å². The van der Waals surface area contributed by atoms with Gasteiger partial charge in [0, 0.05) is 11.6 Å². The summed E-state index contributed by atoms with van der Waals surface area (Å²) in [7, 11) is 3.29. The Hall–Kier alpha value is -1.75. The number of aromatic nitrogens is 1. The molecule has 0 aliphatic heterocycles. The largest absolute Gasteiger partial charge is 0.493 e. The number of anilines is 1. The van der Waals surface area contributed by atoms with Gasteiger partial charge in [0.2, 0.25) is 0 Å². The summed E-state index contributed by atoms with van der Waals surface area (Å²) >= 11 is 1.60. The number of rotatable bonds is 6. The lowest BCUT2D eigenvalue weighted by molar-refractivity contribution is 0.354. The van der Waals surface area contributed by atoms with Crippen LogP contribution in [-0.2, 0) is 0 Å². The van der Waals surface area contributed by atoms with Crippen molar-refractivity contribution in [3.63, 3.8) is 0 Å². The molecule has 0 aliphatic rings. The number of benzene rings is 1. The molecule has 0 saturated carbocycles. The fourth-order valence-electron chi connectivity index (χ4n) is 1.93. The van der Waals surface area contributed by atoms with Gasteiger partial charge in [-0.05, 0) is 24.1 Å². The standard InChI is InChI=1S/C14H18N2O2S/c1-4-11(16-14-15-7-8-19-14)10-5-6-12(17-2)13(9-10)18-3/h5-9,11H,4H2,1-3H3,(H,15,16). The second-order valence-corrected chi connectivity index (χ2v) is 4.95. The van der Waals surface area contributed by atoms with E-state index in [9.17, 15) is 0 Å². The van der Waals surface area contributed by atoms with Gasteiger partial charge < -0.3 is 14.8 Å². The lowest BCUT2D eigenvalue weighted by Gasteiger charge is -2.18. The SMILES string of the molecule is CCC(Nc1nccs1)c1ccc(OC)c(OC)c1. The molecule has 1 aromatic heterocycles. The molecule has 1 heterocycles. The quantitative estimate of drug-likeness (QED) is 0.874. The summed E-state index contributed by atoms with van der Waals surface area (Å²) in [5.41, 5.74) is 1.16. The molecule has 5 heteroatoms. The van der Waals surface area contributed by atoms with E-state index < -0.39 is 0 Å². The molecule has 0 radical (unpaired) electrons. The first kappa shape index (κ1) is 13.7. The lowest BCUT2D eigenvalue weighted by Crippen LogP contribution is -2.09. The van der Waals surface area contributed by atoms with Gasteiger partial charge in [0.25, 0.3) is 0 Å². The van der Waals surface area contributed by atoms with E-state index in [0.717, 1.165) is 28.6 Å². The number of methoxy groups -OCH3 is 2. The molecule has 0 aliphatic carbocycles. The first-order valence-corrected chi connectivity index (χ1v) is 7.04. The monoisotopic (exact) mass is 278 g/mol. The molecule has 0 bridgehead atoms. The molecule has 102 valence electrons. The van der Waals surface area contributed by atoms with Gasteiger partial charge in [0.1, 0.15) is 0 Å². The van der Waals surface area contributed by atoms with Crippen LogP contribution in [0.25, 0.3) is 0 Å². The van der Waals surface area contributed by atoms with Gasteiger partial charge in [-0.2, -0.15) is 0 Å². The average molecular weight is 278 g/mol. The predicted octanol–water partition coefficient (Wildman–Crippen LogP) is 3.72. The van der Waals surface area contributed by atoms with Gasteiger partial charge in [-0.15, -0.1) is 11.3 Å². The molecular weight excluding hydrogens is 260 g/mol. The first-order valence-electron chi connectivity index (χ1n) is 6.16. The Kier molecular flexibility index (Phi) is 4.63. The summed E-state index contributed by atoms with van der Waals surface area (Å²) in [5.74, 6) is 1.50. The van der Waals surface area contributed by atoms with Crippen molar-refractivity contribution in [2.75, 3.05) is 19.5 Å². The fourth-order valence-corrected chi connectivity index (χ4v) is 2.52. The van der Waals surface area contributed by atoms with E-state index in [1.807, 2.05) is 17.5 Å². The molecule has 0 spiro atoms. The Morgan fingerprint density at radius 2 is 2.05 bits per heavy atom. The van der Waals surface area contributed by atoms with Crippen LogP contribution >= 0.6 is 11.3 Å². The maximum absolute atomic E-state index is 5.34. The van der Waals surface area contributed by atoms with E-state index >= 15 is 0 Å². The fraction of sp³-hybridized carbons (Fsp3) is 0.357. The molecule has 1 N–H and O–H groups in total. The van der Waals surface area contributed by atoms with Crippen LogP contribution in [0.4, 0.5) is 5.13 Å². The Morgan fingerprint density at radius 1 is 1.26 bits per heavy atom. The van der Waals surface area contributed by atoms with Crippen molar-refractivity contribution < 1.29 is 9.47 Å². The van der Waals surface area contributed by atoms with Gasteiger partial charge in [-0.25, -0.2) is 4.98 Å². The van der Waals surface area contributed by atoms with E-state index in [4.69, 9.17) is 9.47 Å². The molecule has 1 atom stereocenters. The smallest absolute Gasteiger partial charge is 0.183 e. The van der Waals surface area contributed by atoms with Crippen LogP contribution < -0.4 is 14.8 Å². The maximum Gasteiger partial charge on any atom is 0.183 e. The third-order valence-electron chi connectivity index (χ3n) is 2.95. The molecule has 19 heavy (non-hydrogen) atoms. The summed E-state index contributed by atoms with van der Waals surface area (Å²) in [5, 5.41) is 6.32. The molecule has 2 aromatic rings. The zero-order valence-electron chi connectivity index (χ0n) is 11.3. The van der Waals surface area contributed by atoms with Gasteiger partial charge in [0.05, 0.1) is 20.3 Å². The van der Waals surface area contributed by atoms with Crippen molar-refractivity contribution in [2.45, 2.75) is 19.4 Å². The lowest BCUT2D eigenvalue weighted by atomic mass is 10.0. The Labute approximate surface area is 117 Å². The van der Waals surface area contributed by atoms with Crippen LogP contribution in [0, 0.1) is 0 Å². The normalized spacial score (nSPS) is 11.9. The van der Waals surface area contributed by atoms with Crippen LogP contribution in [0.15, 0.2) is 29.8 Å². The molecule has 0 fully saturated rings. The molecule has 2 rings (SSSR count). The highest BCUT2D eigenvalue weighted by Gasteiger charge is 2.13. The zero-order valence-corrected chi connectivity index (χ0v) is 12.2. The van der Waals surface area contributed by atoms with E-state index in [1.54, 1.807) is 31.8 Å². The van der Waals surface area contributed by atoms with Crippen LogP contribution in [0.3, 0.4) is 0 Å². The summed E-state index contributed by atoms with van der Waals surface area (Å²) in [6.07, 6.45) is 2.77. The van der Waals surface area contributed by atoms with Crippen molar-refractivity contribution in [1.29, 1.82) is 0 Å². The zero-order chi connectivity index (χ0) is 13.7. The third kappa shape index (κ3) is 3.17. The van der Waals surface area contributed by atoms with Crippen molar-refractivity contribution in [3.8, 4) is 11.5 Å².